The van der Waals surface area contributed by atoms with E-state index in [2.05, 4.69) is 70.0 Å². The molecule has 0 spiro atoms. The zero-order valence-electron chi connectivity index (χ0n) is 12.4. The Morgan fingerprint density at radius 3 is 2.70 bits per heavy atom. The van der Waals surface area contributed by atoms with Gasteiger partial charge in [0.15, 0.2) is 0 Å². The SMILES string of the molecule is Cc1c(CNCC(C)C)cnn1Cc1ccccc1Br. The number of halogens is 1. The van der Waals surface area contributed by atoms with Gasteiger partial charge in [-0.3, -0.25) is 4.68 Å². The van der Waals surface area contributed by atoms with Crippen LogP contribution < -0.4 is 5.32 Å². The number of nitrogens with one attached hydrogen (secondary N) is 1. The summed E-state index contributed by atoms with van der Waals surface area (Å²) in [6.45, 7) is 9.30. The summed E-state index contributed by atoms with van der Waals surface area (Å²) >= 11 is 3.59. The van der Waals surface area contributed by atoms with Crippen LogP contribution in [0.25, 0.3) is 0 Å². The minimum atomic E-state index is 0.672. The van der Waals surface area contributed by atoms with Crippen LogP contribution in [0.4, 0.5) is 0 Å². The molecule has 0 bridgehead atoms. The lowest BCUT2D eigenvalue weighted by Crippen LogP contribution is -2.19. The largest absolute Gasteiger partial charge is 0.312 e. The van der Waals surface area contributed by atoms with Crippen molar-refractivity contribution in [1.82, 2.24) is 15.1 Å². The van der Waals surface area contributed by atoms with Crippen LogP contribution in [0.5, 0.6) is 0 Å². The van der Waals surface area contributed by atoms with Gasteiger partial charge in [-0.05, 0) is 31.0 Å². The second-order valence-corrected chi connectivity index (χ2v) is 6.38. The maximum atomic E-state index is 4.51. The van der Waals surface area contributed by atoms with Crippen molar-refractivity contribution in [3.63, 3.8) is 0 Å². The van der Waals surface area contributed by atoms with Gasteiger partial charge in [-0.15, -0.1) is 0 Å². The lowest BCUT2D eigenvalue weighted by molar-refractivity contribution is 0.550. The molecule has 2 aromatic rings. The molecule has 4 heteroatoms. The number of hydrogen-bond donors (Lipinski definition) is 1. The van der Waals surface area contributed by atoms with Crippen molar-refractivity contribution in [2.45, 2.75) is 33.9 Å². The Morgan fingerprint density at radius 2 is 2.00 bits per heavy atom. The first-order valence-electron chi connectivity index (χ1n) is 7.03. The van der Waals surface area contributed by atoms with Crippen LogP contribution in [0.3, 0.4) is 0 Å². The van der Waals surface area contributed by atoms with Gasteiger partial charge in [0.2, 0.25) is 0 Å². The molecule has 0 saturated heterocycles. The highest BCUT2D eigenvalue weighted by atomic mass is 79.9. The highest BCUT2D eigenvalue weighted by Crippen LogP contribution is 2.18. The maximum Gasteiger partial charge on any atom is 0.0673 e. The Morgan fingerprint density at radius 1 is 1.25 bits per heavy atom. The molecule has 0 unspecified atom stereocenters. The van der Waals surface area contributed by atoms with E-state index in [4.69, 9.17) is 0 Å². The molecule has 1 heterocycles. The van der Waals surface area contributed by atoms with E-state index in [1.54, 1.807) is 0 Å². The summed E-state index contributed by atoms with van der Waals surface area (Å²) in [5.74, 6) is 0.672. The van der Waals surface area contributed by atoms with E-state index in [9.17, 15) is 0 Å². The third-order valence-electron chi connectivity index (χ3n) is 3.35. The van der Waals surface area contributed by atoms with Crippen LogP contribution in [0.2, 0.25) is 0 Å². The molecule has 0 aliphatic carbocycles. The fourth-order valence-corrected chi connectivity index (χ4v) is 2.51. The molecule has 0 fully saturated rings. The highest BCUT2D eigenvalue weighted by molar-refractivity contribution is 9.10. The predicted octanol–water partition coefficient (Wildman–Crippen LogP) is 3.75. The number of rotatable bonds is 6. The normalized spacial score (nSPS) is 11.2. The zero-order chi connectivity index (χ0) is 14.5. The van der Waals surface area contributed by atoms with Crippen LogP contribution in [-0.2, 0) is 13.1 Å². The third-order valence-corrected chi connectivity index (χ3v) is 4.12. The Labute approximate surface area is 129 Å². The minimum absolute atomic E-state index is 0.672. The van der Waals surface area contributed by atoms with E-state index in [0.29, 0.717) is 5.92 Å². The molecule has 1 aromatic heterocycles. The van der Waals surface area contributed by atoms with Gasteiger partial charge in [-0.25, -0.2) is 0 Å². The number of benzene rings is 1. The van der Waals surface area contributed by atoms with E-state index in [1.807, 2.05) is 12.3 Å². The summed E-state index contributed by atoms with van der Waals surface area (Å²) in [6.07, 6.45) is 1.97. The van der Waals surface area contributed by atoms with Crippen molar-refractivity contribution in [3.05, 3.63) is 51.8 Å². The quantitative estimate of drug-likeness (QED) is 0.871. The van der Waals surface area contributed by atoms with Crippen molar-refractivity contribution in [2.24, 2.45) is 5.92 Å². The van der Waals surface area contributed by atoms with Crippen molar-refractivity contribution in [1.29, 1.82) is 0 Å². The van der Waals surface area contributed by atoms with E-state index >= 15 is 0 Å². The summed E-state index contributed by atoms with van der Waals surface area (Å²) in [5, 5.41) is 7.97. The molecule has 1 aromatic carbocycles. The van der Waals surface area contributed by atoms with Crippen LogP contribution >= 0.6 is 15.9 Å². The van der Waals surface area contributed by atoms with Gasteiger partial charge in [-0.1, -0.05) is 48.0 Å². The Balaban J connectivity index is 2.03. The lowest BCUT2D eigenvalue weighted by atomic mass is 10.2. The average molecular weight is 336 g/mol. The standard InChI is InChI=1S/C16H22BrN3/c1-12(2)8-18-9-15-10-19-20(13(15)3)11-14-6-4-5-7-16(14)17/h4-7,10,12,18H,8-9,11H2,1-3H3. The Hall–Kier alpha value is -1.13. The molecule has 0 atom stereocenters. The first kappa shape index (κ1) is 15.3. The second-order valence-electron chi connectivity index (χ2n) is 5.53. The highest BCUT2D eigenvalue weighted by Gasteiger charge is 2.08. The van der Waals surface area contributed by atoms with Crippen molar-refractivity contribution in [3.8, 4) is 0 Å². The number of nitrogens with zero attached hydrogens (tertiary/aromatic N) is 2. The fraction of sp³-hybridized carbons (Fsp3) is 0.438. The maximum absolute atomic E-state index is 4.51. The Kier molecular flexibility index (Phi) is 5.38. The molecule has 108 valence electrons. The first-order valence-corrected chi connectivity index (χ1v) is 7.82. The zero-order valence-corrected chi connectivity index (χ0v) is 13.9. The molecule has 1 N–H and O–H groups in total. The summed E-state index contributed by atoms with van der Waals surface area (Å²) in [7, 11) is 0. The van der Waals surface area contributed by atoms with Gasteiger partial charge in [0.1, 0.15) is 0 Å². The van der Waals surface area contributed by atoms with Gasteiger partial charge in [0.25, 0.3) is 0 Å². The molecule has 2 rings (SSSR count). The van der Waals surface area contributed by atoms with Gasteiger partial charge in [0, 0.05) is 22.3 Å². The minimum Gasteiger partial charge on any atom is -0.312 e. The molecule has 0 aliphatic heterocycles. The molecule has 3 nitrogen and oxygen atoms in total. The number of hydrogen-bond acceptors (Lipinski definition) is 2. The van der Waals surface area contributed by atoms with Gasteiger partial charge >= 0.3 is 0 Å². The molecule has 0 saturated carbocycles. The van der Waals surface area contributed by atoms with Gasteiger partial charge < -0.3 is 5.32 Å². The second kappa shape index (κ2) is 7.04. The molecule has 0 aliphatic rings. The van der Waals surface area contributed by atoms with E-state index < -0.39 is 0 Å². The molecule has 0 radical (unpaired) electrons. The first-order chi connectivity index (χ1) is 9.58. The summed E-state index contributed by atoms with van der Waals surface area (Å²) < 4.78 is 3.20. The van der Waals surface area contributed by atoms with Crippen molar-refractivity contribution in [2.75, 3.05) is 6.54 Å². The monoisotopic (exact) mass is 335 g/mol. The molecule has 20 heavy (non-hydrogen) atoms. The Bertz CT molecular complexity index is 561. The van der Waals surface area contributed by atoms with Gasteiger partial charge in [-0.2, -0.15) is 5.10 Å². The smallest absolute Gasteiger partial charge is 0.0673 e. The van der Waals surface area contributed by atoms with Crippen LogP contribution in [0.1, 0.15) is 30.7 Å². The molecular formula is C16H22BrN3. The van der Waals surface area contributed by atoms with Crippen LogP contribution in [0, 0.1) is 12.8 Å². The van der Waals surface area contributed by atoms with Gasteiger partial charge in [0.05, 0.1) is 12.7 Å². The summed E-state index contributed by atoms with van der Waals surface area (Å²) in [6, 6.07) is 8.29. The van der Waals surface area contributed by atoms with E-state index in [0.717, 1.165) is 24.1 Å². The van der Waals surface area contributed by atoms with Crippen molar-refractivity contribution < 1.29 is 0 Å². The van der Waals surface area contributed by atoms with Crippen molar-refractivity contribution >= 4 is 15.9 Å². The predicted molar refractivity (Wildman–Crippen MR) is 86.8 cm³/mol. The third kappa shape index (κ3) is 3.93. The summed E-state index contributed by atoms with van der Waals surface area (Å²) in [4.78, 5) is 0. The average Bonchev–Trinajstić information content (AvgIpc) is 2.74. The number of aromatic nitrogens is 2. The fourth-order valence-electron chi connectivity index (χ4n) is 2.10. The topological polar surface area (TPSA) is 29.9 Å². The van der Waals surface area contributed by atoms with E-state index in [-0.39, 0.29) is 0 Å². The molecule has 0 amide bonds. The molecular weight excluding hydrogens is 314 g/mol. The van der Waals surface area contributed by atoms with E-state index in [1.165, 1.54) is 16.8 Å². The van der Waals surface area contributed by atoms with Crippen LogP contribution in [-0.4, -0.2) is 16.3 Å². The summed E-state index contributed by atoms with van der Waals surface area (Å²) in [5.41, 5.74) is 3.76. The lowest BCUT2D eigenvalue weighted by Gasteiger charge is -2.09. The van der Waals surface area contributed by atoms with Crippen LogP contribution in [0.15, 0.2) is 34.9 Å².